The van der Waals surface area contributed by atoms with E-state index in [1.165, 1.54) is 6.07 Å². The topological polar surface area (TPSA) is 138 Å². The molecule has 0 unspecified atom stereocenters. The second-order valence-electron chi connectivity index (χ2n) is 7.33. The van der Waals surface area contributed by atoms with Gasteiger partial charge < -0.3 is 21.7 Å². The van der Waals surface area contributed by atoms with Gasteiger partial charge >= 0.3 is 12.2 Å². The smallest absolute Gasteiger partial charge is 0.398 e. The number of nitriles is 1. The fourth-order valence-electron chi connectivity index (χ4n) is 3.34. The van der Waals surface area contributed by atoms with Gasteiger partial charge in [-0.1, -0.05) is 0 Å². The Hall–Kier alpha value is -4.47. The molecule has 0 saturated heterocycles. The highest BCUT2D eigenvalue weighted by atomic mass is 19.4. The van der Waals surface area contributed by atoms with Crippen LogP contribution in [0.4, 0.5) is 32.4 Å². The van der Waals surface area contributed by atoms with Gasteiger partial charge in [-0.2, -0.15) is 18.4 Å². The van der Waals surface area contributed by atoms with Gasteiger partial charge in [0.1, 0.15) is 0 Å². The molecule has 0 bridgehead atoms. The molecule has 0 aliphatic carbocycles. The number of hydrogen-bond donors (Lipinski definition) is 3. The summed E-state index contributed by atoms with van der Waals surface area (Å²) in [5.74, 6) is -3.37. The quantitative estimate of drug-likeness (QED) is 0.446. The Morgan fingerprint density at radius 1 is 1.09 bits per heavy atom. The summed E-state index contributed by atoms with van der Waals surface area (Å²) in [5, 5.41) is 11.2. The number of nitrogens with zero attached hydrogens (tertiary/aromatic N) is 3. The number of urea groups is 1. The van der Waals surface area contributed by atoms with Crippen molar-refractivity contribution in [2.75, 3.05) is 25.0 Å². The average molecular weight is 492 g/mol. The maximum atomic E-state index is 13.6. The molecular formula is C22H17F5N6O2. The van der Waals surface area contributed by atoms with Crippen molar-refractivity contribution in [1.29, 1.82) is 5.26 Å². The minimum absolute atomic E-state index is 0.00572. The van der Waals surface area contributed by atoms with Crippen LogP contribution in [0.5, 0.6) is 0 Å². The predicted molar refractivity (Wildman–Crippen MR) is 116 cm³/mol. The summed E-state index contributed by atoms with van der Waals surface area (Å²) in [4.78, 5) is 30.1. The van der Waals surface area contributed by atoms with Gasteiger partial charge in [0, 0.05) is 17.8 Å². The molecule has 182 valence electrons. The number of rotatable bonds is 4. The molecule has 2 aromatic carbocycles. The van der Waals surface area contributed by atoms with Gasteiger partial charge in [-0.05, 0) is 36.4 Å². The van der Waals surface area contributed by atoms with Crippen molar-refractivity contribution in [3.05, 3.63) is 70.3 Å². The predicted octanol–water partition coefficient (Wildman–Crippen LogP) is 3.00. The highest BCUT2D eigenvalue weighted by Gasteiger charge is 2.34. The van der Waals surface area contributed by atoms with Crippen LogP contribution in [0, 0.1) is 23.0 Å². The van der Waals surface area contributed by atoms with Crippen LogP contribution in [-0.4, -0.2) is 42.2 Å². The number of anilines is 1. The SMILES string of the molecule is N#Cc1ccc(NC(=O)N2CCN=C(C(C(N)=O)=C(N)c3ccc(F)c(F)c3)C2)cc1C(F)(F)F. The Morgan fingerprint density at radius 2 is 1.80 bits per heavy atom. The van der Waals surface area contributed by atoms with E-state index >= 15 is 0 Å². The number of aliphatic imine (C=N–C) groups is 1. The first-order chi connectivity index (χ1) is 16.4. The summed E-state index contributed by atoms with van der Waals surface area (Å²) >= 11 is 0. The van der Waals surface area contributed by atoms with Gasteiger partial charge in [-0.15, -0.1) is 0 Å². The monoisotopic (exact) mass is 492 g/mol. The van der Waals surface area contributed by atoms with Gasteiger partial charge in [-0.3, -0.25) is 9.79 Å². The summed E-state index contributed by atoms with van der Waals surface area (Å²) in [5.41, 5.74) is 8.71. The lowest BCUT2D eigenvalue weighted by atomic mass is 10.0. The molecule has 13 heteroatoms. The lowest BCUT2D eigenvalue weighted by Crippen LogP contribution is -2.45. The molecule has 1 aliphatic rings. The number of carbonyl (C=O) groups is 2. The van der Waals surface area contributed by atoms with Crippen LogP contribution < -0.4 is 16.8 Å². The molecular weight excluding hydrogens is 475 g/mol. The zero-order valence-electron chi connectivity index (χ0n) is 17.8. The first-order valence-corrected chi connectivity index (χ1v) is 9.88. The van der Waals surface area contributed by atoms with Crippen LogP contribution >= 0.6 is 0 Å². The second kappa shape index (κ2) is 9.80. The number of nitrogens with one attached hydrogen (secondary N) is 1. The van der Waals surface area contributed by atoms with Crippen molar-refractivity contribution in [1.82, 2.24) is 4.90 Å². The Morgan fingerprint density at radius 3 is 2.40 bits per heavy atom. The summed E-state index contributed by atoms with van der Waals surface area (Å²) < 4.78 is 66.4. The van der Waals surface area contributed by atoms with E-state index in [0.717, 1.165) is 35.2 Å². The number of carbonyl (C=O) groups excluding carboxylic acids is 2. The van der Waals surface area contributed by atoms with Crippen LogP contribution in [0.15, 0.2) is 47.0 Å². The van der Waals surface area contributed by atoms with E-state index in [2.05, 4.69) is 10.3 Å². The van der Waals surface area contributed by atoms with Crippen molar-refractivity contribution in [3.63, 3.8) is 0 Å². The fourth-order valence-corrected chi connectivity index (χ4v) is 3.34. The number of halogens is 5. The van der Waals surface area contributed by atoms with Crippen LogP contribution in [0.3, 0.4) is 0 Å². The molecule has 0 atom stereocenters. The third kappa shape index (κ3) is 5.55. The molecule has 1 heterocycles. The minimum Gasteiger partial charge on any atom is -0.398 e. The molecule has 2 aromatic rings. The molecule has 3 rings (SSSR count). The van der Waals surface area contributed by atoms with E-state index in [0.29, 0.717) is 6.07 Å². The Bertz CT molecular complexity index is 1300. The molecule has 0 aromatic heterocycles. The van der Waals surface area contributed by atoms with Gasteiger partial charge in [0.15, 0.2) is 11.6 Å². The minimum atomic E-state index is -4.81. The van der Waals surface area contributed by atoms with E-state index in [-0.39, 0.29) is 47.9 Å². The number of nitrogens with two attached hydrogens (primary N) is 2. The van der Waals surface area contributed by atoms with Crippen molar-refractivity contribution in [2.45, 2.75) is 6.18 Å². The van der Waals surface area contributed by atoms with Crippen LogP contribution in [0.2, 0.25) is 0 Å². The highest BCUT2D eigenvalue weighted by Crippen LogP contribution is 2.33. The van der Waals surface area contributed by atoms with Crippen molar-refractivity contribution in [3.8, 4) is 6.07 Å². The molecule has 0 radical (unpaired) electrons. The van der Waals surface area contributed by atoms with Crippen LogP contribution in [0.1, 0.15) is 16.7 Å². The molecule has 8 nitrogen and oxygen atoms in total. The Labute approximate surface area is 195 Å². The number of benzene rings is 2. The van der Waals surface area contributed by atoms with Crippen LogP contribution in [0.25, 0.3) is 5.70 Å². The Kier molecular flexibility index (Phi) is 7.04. The maximum Gasteiger partial charge on any atom is 0.417 e. The van der Waals surface area contributed by atoms with Crippen molar-refractivity contribution in [2.24, 2.45) is 16.5 Å². The largest absolute Gasteiger partial charge is 0.417 e. The van der Waals surface area contributed by atoms with E-state index < -0.39 is 40.9 Å². The van der Waals surface area contributed by atoms with Gasteiger partial charge in [-0.25, -0.2) is 13.6 Å². The molecule has 5 N–H and O–H groups in total. The van der Waals surface area contributed by atoms with Crippen LogP contribution in [-0.2, 0) is 11.0 Å². The molecule has 0 spiro atoms. The highest BCUT2D eigenvalue weighted by molar-refractivity contribution is 6.27. The standard InChI is InChI=1S/C22H17F5N6O2/c23-15-4-2-11(7-16(15)24)19(29)18(20(30)34)17-10-33(6-5-31-17)21(35)32-13-3-1-12(9-28)14(8-13)22(25,26)27/h1-4,7-8H,5-6,10,29H2,(H2,30,34)(H,32,35). The summed E-state index contributed by atoms with van der Waals surface area (Å²) in [6, 6.07) is 6.04. The fraction of sp³-hybridized carbons (Fsp3) is 0.182. The van der Waals surface area contributed by atoms with Gasteiger partial charge in [0.2, 0.25) is 0 Å². The molecule has 0 fully saturated rings. The van der Waals surface area contributed by atoms with E-state index in [1.54, 1.807) is 0 Å². The number of primary amides is 1. The third-order valence-corrected chi connectivity index (χ3v) is 5.03. The van der Waals surface area contributed by atoms with E-state index in [1.807, 2.05) is 0 Å². The number of alkyl halides is 3. The van der Waals surface area contributed by atoms with E-state index in [4.69, 9.17) is 16.7 Å². The van der Waals surface area contributed by atoms with Gasteiger partial charge in [0.25, 0.3) is 5.91 Å². The number of amides is 3. The lowest BCUT2D eigenvalue weighted by molar-refractivity contribution is -0.137. The summed E-state index contributed by atoms with van der Waals surface area (Å²) in [7, 11) is 0. The average Bonchev–Trinajstić information content (AvgIpc) is 2.80. The lowest BCUT2D eigenvalue weighted by Gasteiger charge is -2.28. The molecule has 35 heavy (non-hydrogen) atoms. The second-order valence-corrected chi connectivity index (χ2v) is 7.33. The maximum absolute atomic E-state index is 13.6. The zero-order chi connectivity index (χ0) is 25.9. The zero-order valence-corrected chi connectivity index (χ0v) is 17.8. The van der Waals surface area contributed by atoms with Gasteiger partial charge in [0.05, 0.1) is 47.3 Å². The van der Waals surface area contributed by atoms with E-state index in [9.17, 15) is 31.5 Å². The van der Waals surface area contributed by atoms with Crippen molar-refractivity contribution >= 4 is 29.0 Å². The van der Waals surface area contributed by atoms with Crippen molar-refractivity contribution < 1.29 is 31.5 Å². The Balaban J connectivity index is 1.85. The summed E-state index contributed by atoms with van der Waals surface area (Å²) in [6.45, 7) is -0.239. The third-order valence-electron chi connectivity index (χ3n) is 5.03. The molecule has 1 aliphatic heterocycles. The number of hydrogen-bond acceptors (Lipinski definition) is 5. The summed E-state index contributed by atoms with van der Waals surface area (Å²) in [6.07, 6.45) is -4.81. The first-order valence-electron chi connectivity index (χ1n) is 9.88. The normalized spacial score (nSPS) is 14.5. The first kappa shape index (κ1) is 25.2. The molecule has 0 saturated carbocycles. The molecule has 3 amide bonds.